The SMILES string of the molecule is c1ccc(C2(c3ccccc3)c3ccccc3-c3c(-c4ccc5c(c4)C4(c6ccccc6-c6ccccc64)c4c(ccc6ccccc46)O5)cccc32)cc1. The Hall–Kier alpha value is -6.96. The zero-order valence-electron chi connectivity index (χ0n) is 30.0. The molecule has 0 fully saturated rings. The third kappa shape index (κ3) is 3.87. The third-order valence-electron chi connectivity index (χ3n) is 12.6. The van der Waals surface area contributed by atoms with Crippen LogP contribution in [0.1, 0.15) is 44.5 Å². The fraction of sp³-hybridized carbons (Fsp3) is 0.0370. The predicted octanol–water partition coefficient (Wildman–Crippen LogP) is 13.3. The lowest BCUT2D eigenvalue weighted by molar-refractivity contribution is 0.438. The van der Waals surface area contributed by atoms with Gasteiger partial charge in [0.05, 0.1) is 10.8 Å². The molecule has 0 saturated carbocycles. The Morgan fingerprint density at radius 3 is 1.55 bits per heavy atom. The Morgan fingerprint density at radius 2 is 0.855 bits per heavy atom. The van der Waals surface area contributed by atoms with Crippen molar-refractivity contribution in [2.75, 3.05) is 0 Å². The van der Waals surface area contributed by atoms with Crippen LogP contribution in [0.3, 0.4) is 0 Å². The lowest BCUT2D eigenvalue weighted by Gasteiger charge is -2.40. The van der Waals surface area contributed by atoms with Gasteiger partial charge in [0.2, 0.25) is 0 Å². The highest BCUT2D eigenvalue weighted by Gasteiger charge is 2.52. The highest BCUT2D eigenvalue weighted by molar-refractivity contribution is 5.99. The van der Waals surface area contributed by atoms with E-state index >= 15 is 0 Å². The van der Waals surface area contributed by atoms with Crippen molar-refractivity contribution >= 4 is 10.8 Å². The van der Waals surface area contributed by atoms with E-state index < -0.39 is 10.8 Å². The quantitative estimate of drug-likeness (QED) is 0.178. The van der Waals surface area contributed by atoms with Gasteiger partial charge in [-0.05, 0) is 95.7 Å². The molecular formula is C54H34O. The second-order valence-electron chi connectivity index (χ2n) is 15.1. The van der Waals surface area contributed by atoms with Crippen LogP contribution in [0.4, 0.5) is 0 Å². The molecule has 9 aromatic carbocycles. The summed E-state index contributed by atoms with van der Waals surface area (Å²) in [6.07, 6.45) is 0. The van der Waals surface area contributed by atoms with Crippen LogP contribution in [0, 0.1) is 0 Å². The summed E-state index contributed by atoms with van der Waals surface area (Å²) in [6.45, 7) is 0. The minimum absolute atomic E-state index is 0.468. The zero-order chi connectivity index (χ0) is 36.1. The Bertz CT molecular complexity index is 2930. The van der Waals surface area contributed by atoms with Crippen LogP contribution < -0.4 is 4.74 Å². The smallest absolute Gasteiger partial charge is 0.132 e. The molecule has 0 bridgehead atoms. The standard InChI is InChI=1S/C54H34O/c1-3-17-37(18-4-1)53(38-19-5-2-6-20-38)46-28-14-11-24-43(46)51-39(25-15-29-47(51)53)36-31-32-49-48(34-36)54(52-40-21-8-7-16-35(40)30-33-50(52)55-49)44-26-12-9-22-41(44)42-23-10-13-27-45(42)54/h1-34H. The van der Waals surface area contributed by atoms with E-state index in [9.17, 15) is 0 Å². The molecule has 2 aliphatic carbocycles. The Balaban J connectivity index is 1.18. The van der Waals surface area contributed by atoms with Gasteiger partial charge in [0.15, 0.2) is 0 Å². The first-order chi connectivity index (χ1) is 27.3. The maximum absolute atomic E-state index is 6.99. The highest BCUT2D eigenvalue weighted by Crippen LogP contribution is 2.64. The van der Waals surface area contributed by atoms with Crippen LogP contribution in [0.2, 0.25) is 0 Å². The third-order valence-corrected chi connectivity index (χ3v) is 12.6. The number of rotatable bonds is 3. The van der Waals surface area contributed by atoms with E-state index in [1.54, 1.807) is 0 Å². The molecular weight excluding hydrogens is 665 g/mol. The maximum Gasteiger partial charge on any atom is 0.132 e. The molecule has 1 nitrogen and oxygen atoms in total. The molecule has 0 amide bonds. The van der Waals surface area contributed by atoms with Crippen molar-refractivity contribution in [2.24, 2.45) is 0 Å². The van der Waals surface area contributed by atoms with E-state index in [2.05, 4.69) is 206 Å². The monoisotopic (exact) mass is 698 g/mol. The summed E-state index contributed by atoms with van der Waals surface area (Å²) in [5.74, 6) is 1.81. The summed E-state index contributed by atoms with van der Waals surface area (Å²) >= 11 is 0. The first-order valence-electron chi connectivity index (χ1n) is 19.2. The van der Waals surface area contributed by atoms with Gasteiger partial charge in [-0.2, -0.15) is 0 Å². The summed E-state index contributed by atoms with van der Waals surface area (Å²) in [5, 5.41) is 2.42. The zero-order valence-corrected chi connectivity index (χ0v) is 30.0. The molecule has 55 heavy (non-hydrogen) atoms. The van der Waals surface area contributed by atoms with Gasteiger partial charge in [-0.15, -0.1) is 0 Å². The van der Waals surface area contributed by atoms with Crippen molar-refractivity contribution in [2.45, 2.75) is 10.8 Å². The molecule has 1 spiro atoms. The second-order valence-corrected chi connectivity index (χ2v) is 15.1. The lowest BCUT2D eigenvalue weighted by Crippen LogP contribution is -2.32. The highest BCUT2D eigenvalue weighted by atomic mass is 16.5. The fourth-order valence-corrected chi connectivity index (χ4v) is 10.6. The minimum atomic E-state index is -0.583. The van der Waals surface area contributed by atoms with Crippen LogP contribution in [0.5, 0.6) is 11.5 Å². The summed E-state index contributed by atoms with van der Waals surface area (Å²) in [7, 11) is 0. The van der Waals surface area contributed by atoms with Gasteiger partial charge < -0.3 is 4.74 Å². The van der Waals surface area contributed by atoms with Gasteiger partial charge in [0, 0.05) is 11.1 Å². The van der Waals surface area contributed by atoms with Gasteiger partial charge in [-0.3, -0.25) is 0 Å². The van der Waals surface area contributed by atoms with E-state index in [1.165, 1.54) is 88.7 Å². The van der Waals surface area contributed by atoms with Crippen LogP contribution in [0.15, 0.2) is 206 Å². The molecule has 12 rings (SSSR count). The van der Waals surface area contributed by atoms with Gasteiger partial charge in [0.25, 0.3) is 0 Å². The van der Waals surface area contributed by atoms with E-state index in [4.69, 9.17) is 4.74 Å². The average molecular weight is 699 g/mol. The molecule has 1 aliphatic heterocycles. The molecule has 9 aromatic rings. The summed E-state index contributed by atoms with van der Waals surface area (Å²) < 4.78 is 6.99. The van der Waals surface area contributed by atoms with E-state index in [1.807, 2.05) is 0 Å². The van der Waals surface area contributed by atoms with Crippen molar-refractivity contribution in [3.05, 3.63) is 251 Å². The molecule has 3 aliphatic rings. The molecule has 0 atom stereocenters. The van der Waals surface area contributed by atoms with Crippen molar-refractivity contribution in [1.29, 1.82) is 0 Å². The molecule has 0 radical (unpaired) electrons. The van der Waals surface area contributed by atoms with Gasteiger partial charge in [0.1, 0.15) is 11.5 Å². The second kappa shape index (κ2) is 11.3. The van der Waals surface area contributed by atoms with E-state index in [0.29, 0.717) is 0 Å². The molecule has 256 valence electrons. The van der Waals surface area contributed by atoms with Gasteiger partial charge in [-0.25, -0.2) is 0 Å². The van der Waals surface area contributed by atoms with Crippen molar-refractivity contribution in [3.63, 3.8) is 0 Å². The summed E-state index contributed by atoms with van der Waals surface area (Å²) in [4.78, 5) is 0. The van der Waals surface area contributed by atoms with Crippen molar-refractivity contribution < 1.29 is 4.74 Å². The van der Waals surface area contributed by atoms with Crippen molar-refractivity contribution in [1.82, 2.24) is 0 Å². The Kier molecular flexibility index (Phi) is 6.25. The summed E-state index contributed by atoms with van der Waals surface area (Å²) in [6, 6.07) is 76.2. The number of hydrogen-bond acceptors (Lipinski definition) is 1. The predicted molar refractivity (Wildman–Crippen MR) is 224 cm³/mol. The first kappa shape index (κ1) is 30.5. The molecule has 1 heterocycles. The number of benzene rings is 9. The minimum Gasteiger partial charge on any atom is -0.457 e. The van der Waals surface area contributed by atoms with Crippen LogP contribution in [-0.2, 0) is 10.8 Å². The summed E-state index contributed by atoms with van der Waals surface area (Å²) in [5.41, 5.74) is 16.6. The normalized spacial score (nSPS) is 14.6. The topological polar surface area (TPSA) is 9.23 Å². The van der Waals surface area contributed by atoms with Crippen molar-refractivity contribution in [3.8, 4) is 44.9 Å². The van der Waals surface area contributed by atoms with Crippen LogP contribution >= 0.6 is 0 Å². The maximum atomic E-state index is 6.99. The molecule has 0 unspecified atom stereocenters. The number of fused-ring (bicyclic) bond motifs is 14. The molecule has 0 saturated heterocycles. The molecule has 0 N–H and O–H groups in total. The van der Waals surface area contributed by atoms with E-state index in [0.717, 1.165) is 11.5 Å². The van der Waals surface area contributed by atoms with Gasteiger partial charge >= 0.3 is 0 Å². The fourth-order valence-electron chi connectivity index (χ4n) is 10.6. The number of ether oxygens (including phenoxy) is 1. The first-order valence-corrected chi connectivity index (χ1v) is 19.2. The average Bonchev–Trinajstić information content (AvgIpc) is 3.73. The van der Waals surface area contributed by atoms with E-state index in [-0.39, 0.29) is 0 Å². The Morgan fingerprint density at radius 1 is 0.327 bits per heavy atom. The van der Waals surface area contributed by atoms with Crippen LogP contribution in [-0.4, -0.2) is 0 Å². The largest absolute Gasteiger partial charge is 0.457 e. The Labute approximate surface area is 320 Å². The lowest BCUT2D eigenvalue weighted by atomic mass is 9.64. The van der Waals surface area contributed by atoms with Crippen LogP contribution in [0.25, 0.3) is 44.2 Å². The van der Waals surface area contributed by atoms with Gasteiger partial charge in [-0.1, -0.05) is 188 Å². The molecule has 0 aromatic heterocycles. The number of hydrogen-bond donors (Lipinski definition) is 0. The molecule has 1 heteroatoms.